The van der Waals surface area contributed by atoms with Crippen molar-refractivity contribution in [2.24, 2.45) is 0 Å². The Balaban J connectivity index is 1.59. The number of ether oxygens (including phenoxy) is 1. The Kier molecular flexibility index (Phi) is 4.53. The Morgan fingerprint density at radius 3 is 2.69 bits per heavy atom. The van der Waals surface area contributed by atoms with Crippen LogP contribution in [0.1, 0.15) is 22.6 Å². The van der Waals surface area contributed by atoms with Gasteiger partial charge in [-0.3, -0.25) is 5.32 Å². The van der Waals surface area contributed by atoms with E-state index in [-0.39, 0.29) is 11.9 Å². The van der Waals surface area contributed by atoms with Gasteiger partial charge in [0.25, 0.3) is 5.19 Å². The lowest BCUT2D eigenvalue weighted by atomic mass is 9.85. The summed E-state index contributed by atoms with van der Waals surface area (Å²) in [5.74, 6) is 0.149. The number of nitrogens with one attached hydrogen (secondary N) is 1. The first kappa shape index (κ1) is 16.5. The van der Waals surface area contributed by atoms with Crippen LogP contribution >= 0.6 is 11.3 Å². The summed E-state index contributed by atoms with van der Waals surface area (Å²) in [6.45, 7) is 1.18. The summed E-state index contributed by atoms with van der Waals surface area (Å²) in [6.07, 6.45) is 0. The van der Waals surface area contributed by atoms with Crippen LogP contribution in [0.25, 0.3) is 0 Å². The number of amides is 2. The van der Waals surface area contributed by atoms with Gasteiger partial charge in [0.2, 0.25) is 5.13 Å². The van der Waals surface area contributed by atoms with E-state index < -0.39 is 0 Å². The molecule has 0 radical (unpaired) electrons. The van der Waals surface area contributed by atoms with Gasteiger partial charge >= 0.3 is 6.03 Å². The highest BCUT2D eigenvalue weighted by Crippen LogP contribution is 2.33. The number of methoxy groups -OCH3 is 1. The van der Waals surface area contributed by atoms with E-state index in [2.05, 4.69) is 45.8 Å². The Hall–Kier alpha value is -2.93. The Bertz CT molecular complexity index is 913. The molecule has 4 rings (SSSR count). The molecule has 26 heavy (non-hydrogen) atoms. The first-order valence-corrected chi connectivity index (χ1v) is 9.12. The minimum atomic E-state index is -0.181. The summed E-state index contributed by atoms with van der Waals surface area (Å²) in [5, 5.41) is 11.4. The SMILES string of the molecule is COc1nnc(NC(=O)N2Cc3ccccc3C(c3ccccc3)C2)s1. The number of fused-ring (bicyclic) bond motifs is 1. The molecule has 0 bridgehead atoms. The van der Waals surface area contributed by atoms with Crippen LogP contribution in [-0.2, 0) is 6.54 Å². The van der Waals surface area contributed by atoms with E-state index in [0.29, 0.717) is 23.4 Å². The van der Waals surface area contributed by atoms with Crippen LogP contribution in [0, 0.1) is 0 Å². The molecule has 2 aromatic carbocycles. The van der Waals surface area contributed by atoms with Gasteiger partial charge in [0.1, 0.15) is 0 Å². The second-order valence-electron chi connectivity index (χ2n) is 6.05. The standard InChI is InChI=1S/C19H18N4O2S/c1-25-19-22-21-17(26-19)20-18(24)23-11-14-9-5-6-10-15(14)16(12-23)13-7-3-2-4-8-13/h2-10,16H,11-12H2,1H3,(H,20,21,24). The van der Waals surface area contributed by atoms with Gasteiger partial charge in [-0.1, -0.05) is 59.7 Å². The molecule has 1 aromatic heterocycles. The third kappa shape index (κ3) is 3.25. The van der Waals surface area contributed by atoms with E-state index in [1.54, 1.807) is 0 Å². The number of benzene rings is 2. The van der Waals surface area contributed by atoms with Crippen LogP contribution < -0.4 is 10.1 Å². The van der Waals surface area contributed by atoms with Crippen molar-refractivity contribution in [1.82, 2.24) is 15.1 Å². The molecule has 7 heteroatoms. The highest BCUT2D eigenvalue weighted by Gasteiger charge is 2.29. The molecule has 2 heterocycles. The molecule has 0 aliphatic carbocycles. The maximum Gasteiger partial charge on any atom is 0.324 e. The molecule has 0 saturated heterocycles. The zero-order valence-corrected chi connectivity index (χ0v) is 15.1. The highest BCUT2D eigenvalue weighted by atomic mass is 32.1. The topological polar surface area (TPSA) is 67.4 Å². The van der Waals surface area contributed by atoms with Crippen molar-refractivity contribution in [2.45, 2.75) is 12.5 Å². The highest BCUT2D eigenvalue weighted by molar-refractivity contribution is 7.17. The molecular weight excluding hydrogens is 348 g/mol. The minimum absolute atomic E-state index is 0.149. The molecule has 1 unspecified atom stereocenters. The Labute approximate surface area is 155 Å². The van der Waals surface area contributed by atoms with Crippen LogP contribution in [0.4, 0.5) is 9.93 Å². The van der Waals surface area contributed by atoms with E-state index >= 15 is 0 Å². The molecular formula is C19H18N4O2S. The maximum absolute atomic E-state index is 12.8. The smallest absolute Gasteiger partial charge is 0.324 e. The molecule has 1 atom stereocenters. The van der Waals surface area contributed by atoms with Gasteiger partial charge < -0.3 is 9.64 Å². The lowest BCUT2D eigenvalue weighted by Crippen LogP contribution is -2.41. The zero-order valence-electron chi connectivity index (χ0n) is 14.3. The summed E-state index contributed by atoms with van der Waals surface area (Å²) in [6, 6.07) is 18.4. The van der Waals surface area contributed by atoms with Crippen molar-refractivity contribution < 1.29 is 9.53 Å². The van der Waals surface area contributed by atoms with Gasteiger partial charge in [-0.15, -0.1) is 5.10 Å². The molecule has 0 spiro atoms. The van der Waals surface area contributed by atoms with Crippen molar-refractivity contribution in [3.05, 3.63) is 71.3 Å². The molecule has 1 N–H and O–H groups in total. The van der Waals surface area contributed by atoms with Crippen molar-refractivity contribution in [2.75, 3.05) is 19.0 Å². The van der Waals surface area contributed by atoms with E-state index in [1.807, 2.05) is 29.2 Å². The predicted molar refractivity (Wildman–Crippen MR) is 101 cm³/mol. The van der Waals surface area contributed by atoms with Gasteiger partial charge in [-0.05, 0) is 28.0 Å². The summed E-state index contributed by atoms with van der Waals surface area (Å²) in [4.78, 5) is 14.6. The van der Waals surface area contributed by atoms with Crippen LogP contribution in [0.5, 0.6) is 5.19 Å². The quantitative estimate of drug-likeness (QED) is 0.767. The first-order valence-electron chi connectivity index (χ1n) is 8.31. The molecule has 0 fully saturated rings. The van der Waals surface area contributed by atoms with E-state index in [9.17, 15) is 4.79 Å². The largest absolute Gasteiger partial charge is 0.472 e. The molecule has 2 amide bonds. The minimum Gasteiger partial charge on any atom is -0.472 e. The van der Waals surface area contributed by atoms with Crippen molar-refractivity contribution in [1.29, 1.82) is 0 Å². The number of carbonyl (C=O) groups excluding carboxylic acids is 1. The van der Waals surface area contributed by atoms with E-state index in [1.165, 1.54) is 29.6 Å². The molecule has 0 saturated carbocycles. The molecule has 6 nitrogen and oxygen atoms in total. The van der Waals surface area contributed by atoms with Gasteiger partial charge in [0.15, 0.2) is 0 Å². The van der Waals surface area contributed by atoms with Crippen molar-refractivity contribution >= 4 is 22.5 Å². The fourth-order valence-electron chi connectivity index (χ4n) is 3.25. The lowest BCUT2D eigenvalue weighted by molar-refractivity contribution is 0.203. The Morgan fingerprint density at radius 2 is 1.92 bits per heavy atom. The number of hydrogen-bond acceptors (Lipinski definition) is 5. The van der Waals surface area contributed by atoms with Crippen molar-refractivity contribution in [3.63, 3.8) is 0 Å². The lowest BCUT2D eigenvalue weighted by Gasteiger charge is -2.34. The summed E-state index contributed by atoms with van der Waals surface area (Å²) in [5.41, 5.74) is 3.65. The monoisotopic (exact) mass is 366 g/mol. The molecule has 3 aromatic rings. The third-order valence-corrected chi connectivity index (χ3v) is 5.28. The van der Waals surface area contributed by atoms with Crippen LogP contribution in [-0.4, -0.2) is 34.8 Å². The number of anilines is 1. The summed E-state index contributed by atoms with van der Waals surface area (Å²) < 4.78 is 5.02. The number of rotatable bonds is 3. The summed E-state index contributed by atoms with van der Waals surface area (Å²) >= 11 is 1.20. The van der Waals surface area contributed by atoms with E-state index in [4.69, 9.17) is 4.74 Å². The summed E-state index contributed by atoms with van der Waals surface area (Å²) in [7, 11) is 1.53. The Morgan fingerprint density at radius 1 is 1.15 bits per heavy atom. The number of aromatic nitrogens is 2. The normalized spacial score (nSPS) is 16.0. The second kappa shape index (κ2) is 7.13. The fraction of sp³-hybridized carbons (Fsp3) is 0.211. The van der Waals surface area contributed by atoms with Crippen molar-refractivity contribution in [3.8, 4) is 5.19 Å². The van der Waals surface area contributed by atoms with E-state index in [0.717, 1.165) is 5.56 Å². The van der Waals surface area contributed by atoms with Crippen LogP contribution in [0.3, 0.4) is 0 Å². The number of urea groups is 1. The van der Waals surface area contributed by atoms with Gasteiger partial charge in [-0.2, -0.15) is 0 Å². The maximum atomic E-state index is 12.8. The number of hydrogen-bond donors (Lipinski definition) is 1. The van der Waals surface area contributed by atoms with Gasteiger partial charge in [0.05, 0.1) is 7.11 Å². The fourth-order valence-corrected chi connectivity index (χ4v) is 3.80. The third-order valence-electron chi connectivity index (χ3n) is 4.48. The number of carbonyl (C=O) groups is 1. The molecule has 132 valence electrons. The van der Waals surface area contributed by atoms with Gasteiger partial charge in [-0.25, -0.2) is 4.79 Å². The average Bonchev–Trinajstić information content (AvgIpc) is 3.15. The van der Waals surface area contributed by atoms with Crippen LogP contribution in [0.2, 0.25) is 0 Å². The second-order valence-corrected chi connectivity index (χ2v) is 6.99. The predicted octanol–water partition coefficient (Wildman–Crippen LogP) is 3.73. The van der Waals surface area contributed by atoms with Crippen LogP contribution in [0.15, 0.2) is 54.6 Å². The molecule has 1 aliphatic rings. The number of nitrogens with zero attached hydrogens (tertiary/aromatic N) is 3. The zero-order chi connectivity index (χ0) is 17.9. The van der Waals surface area contributed by atoms with Gasteiger partial charge in [0, 0.05) is 19.0 Å². The average molecular weight is 366 g/mol. The molecule has 1 aliphatic heterocycles. The first-order chi connectivity index (χ1) is 12.7.